The maximum Gasteiger partial charge on any atom is 0.116 e. The number of rotatable bonds is 0. The summed E-state index contributed by atoms with van der Waals surface area (Å²) in [5, 5.41) is 11.4. The minimum Gasteiger partial charge on any atom is -0.508 e. The summed E-state index contributed by atoms with van der Waals surface area (Å²) in [4.78, 5) is 5.14. The summed E-state index contributed by atoms with van der Waals surface area (Å²) in [5.41, 5.74) is 5.05. The van der Waals surface area contributed by atoms with Crippen molar-refractivity contribution in [3.8, 4) is 5.75 Å². The molecule has 0 aliphatic carbocycles. The van der Waals surface area contributed by atoms with E-state index in [4.69, 9.17) is 4.84 Å². The van der Waals surface area contributed by atoms with E-state index in [9.17, 15) is 5.11 Å². The molecule has 0 atom stereocenters. The second-order valence-corrected chi connectivity index (χ2v) is 3.40. The number of hydrogen-bond acceptors (Lipinski definition) is 3. The standard InChI is InChI=1S/C11H9NO2/c13-9-3-4-10-7(5-9)1-2-8-6-14-12-11(8)10/h1-5,12-13H,6H2. The topological polar surface area (TPSA) is 41.5 Å². The first kappa shape index (κ1) is 7.64. The third kappa shape index (κ3) is 0.961. The van der Waals surface area contributed by atoms with Gasteiger partial charge in [0.05, 0.1) is 5.69 Å². The van der Waals surface area contributed by atoms with Crippen molar-refractivity contribution in [1.29, 1.82) is 0 Å². The number of hydrogen-bond donors (Lipinski definition) is 2. The maximum absolute atomic E-state index is 9.33. The van der Waals surface area contributed by atoms with Crippen LogP contribution in [0.15, 0.2) is 30.3 Å². The Bertz CT molecular complexity index is 508. The summed E-state index contributed by atoms with van der Waals surface area (Å²) in [6, 6.07) is 9.32. The summed E-state index contributed by atoms with van der Waals surface area (Å²) in [6.07, 6.45) is 0. The fourth-order valence-electron chi connectivity index (χ4n) is 1.79. The molecule has 0 saturated carbocycles. The third-order valence-electron chi connectivity index (χ3n) is 2.49. The molecule has 14 heavy (non-hydrogen) atoms. The van der Waals surface area contributed by atoms with Crippen LogP contribution < -0.4 is 5.48 Å². The van der Waals surface area contributed by atoms with Gasteiger partial charge in [-0.1, -0.05) is 12.1 Å². The van der Waals surface area contributed by atoms with Crippen molar-refractivity contribution >= 4 is 16.5 Å². The predicted octanol–water partition coefficient (Wildman–Crippen LogP) is 2.40. The summed E-state index contributed by atoms with van der Waals surface area (Å²) < 4.78 is 0. The monoisotopic (exact) mass is 187 g/mol. The van der Waals surface area contributed by atoms with Crippen LogP contribution in [0.25, 0.3) is 10.8 Å². The average Bonchev–Trinajstić information content (AvgIpc) is 2.65. The third-order valence-corrected chi connectivity index (χ3v) is 2.49. The van der Waals surface area contributed by atoms with E-state index >= 15 is 0 Å². The number of benzene rings is 2. The van der Waals surface area contributed by atoms with E-state index in [0.29, 0.717) is 6.61 Å². The van der Waals surface area contributed by atoms with Crippen LogP contribution in [-0.4, -0.2) is 5.11 Å². The number of fused-ring (bicyclic) bond motifs is 3. The molecule has 0 saturated heterocycles. The van der Waals surface area contributed by atoms with E-state index in [1.165, 1.54) is 0 Å². The van der Waals surface area contributed by atoms with Gasteiger partial charge >= 0.3 is 0 Å². The Labute approximate surface area is 80.9 Å². The molecule has 1 aliphatic rings. The molecule has 0 amide bonds. The van der Waals surface area contributed by atoms with E-state index in [1.54, 1.807) is 12.1 Å². The fourth-order valence-corrected chi connectivity index (χ4v) is 1.79. The van der Waals surface area contributed by atoms with E-state index in [1.807, 2.05) is 18.2 Å². The molecule has 1 heterocycles. The van der Waals surface area contributed by atoms with E-state index in [2.05, 4.69) is 5.48 Å². The highest BCUT2D eigenvalue weighted by Gasteiger charge is 2.13. The zero-order chi connectivity index (χ0) is 9.54. The lowest BCUT2D eigenvalue weighted by Crippen LogP contribution is -1.88. The van der Waals surface area contributed by atoms with Crippen molar-refractivity contribution in [3.05, 3.63) is 35.9 Å². The van der Waals surface area contributed by atoms with Crippen LogP contribution in [0.2, 0.25) is 0 Å². The number of aromatic hydroxyl groups is 1. The average molecular weight is 187 g/mol. The first-order valence-electron chi connectivity index (χ1n) is 4.47. The molecule has 0 radical (unpaired) electrons. The smallest absolute Gasteiger partial charge is 0.116 e. The Morgan fingerprint density at radius 2 is 2.14 bits per heavy atom. The van der Waals surface area contributed by atoms with Crippen LogP contribution in [0.1, 0.15) is 5.56 Å². The van der Waals surface area contributed by atoms with Gasteiger partial charge in [0.15, 0.2) is 0 Å². The molecule has 1 aliphatic heterocycles. The SMILES string of the molecule is Oc1ccc2c3c(ccc2c1)CON3. The zero-order valence-corrected chi connectivity index (χ0v) is 7.45. The molecule has 2 aromatic carbocycles. The molecule has 0 aromatic heterocycles. The number of anilines is 1. The Hall–Kier alpha value is -1.74. The Morgan fingerprint density at radius 3 is 3.07 bits per heavy atom. The summed E-state index contributed by atoms with van der Waals surface area (Å²) in [5.74, 6) is 0.288. The second-order valence-electron chi connectivity index (χ2n) is 3.40. The molecule has 2 aromatic rings. The first-order valence-corrected chi connectivity index (χ1v) is 4.47. The maximum atomic E-state index is 9.33. The molecule has 0 unspecified atom stereocenters. The molecule has 70 valence electrons. The Balaban J connectivity index is 2.39. The first-order chi connectivity index (χ1) is 6.84. The van der Waals surface area contributed by atoms with Gasteiger partial charge < -0.3 is 5.11 Å². The van der Waals surface area contributed by atoms with Crippen molar-refractivity contribution in [2.45, 2.75) is 6.61 Å². The van der Waals surface area contributed by atoms with Crippen LogP contribution in [-0.2, 0) is 11.4 Å². The van der Waals surface area contributed by atoms with Crippen molar-refractivity contribution in [2.24, 2.45) is 0 Å². The molecule has 0 bridgehead atoms. The van der Waals surface area contributed by atoms with Gasteiger partial charge in [-0.25, -0.2) is 0 Å². The van der Waals surface area contributed by atoms with Gasteiger partial charge in [-0.2, -0.15) is 0 Å². The van der Waals surface area contributed by atoms with Crippen LogP contribution in [0, 0.1) is 0 Å². The second kappa shape index (κ2) is 2.62. The largest absolute Gasteiger partial charge is 0.508 e. The summed E-state index contributed by atoms with van der Waals surface area (Å²) in [6.45, 7) is 0.603. The summed E-state index contributed by atoms with van der Waals surface area (Å²) in [7, 11) is 0. The van der Waals surface area contributed by atoms with Crippen molar-refractivity contribution in [2.75, 3.05) is 5.48 Å². The molecular weight excluding hydrogens is 178 g/mol. The minimum atomic E-state index is 0.288. The van der Waals surface area contributed by atoms with E-state index < -0.39 is 0 Å². The number of nitrogens with one attached hydrogen (secondary N) is 1. The van der Waals surface area contributed by atoms with Gasteiger partial charge in [-0.05, 0) is 23.6 Å². The molecular formula is C11H9NO2. The normalized spacial score (nSPS) is 14.0. The lowest BCUT2D eigenvalue weighted by atomic mass is 10.0. The van der Waals surface area contributed by atoms with Crippen LogP contribution in [0.4, 0.5) is 5.69 Å². The number of phenols is 1. The minimum absolute atomic E-state index is 0.288. The van der Waals surface area contributed by atoms with Gasteiger partial charge in [0, 0.05) is 10.9 Å². The van der Waals surface area contributed by atoms with Crippen LogP contribution in [0.3, 0.4) is 0 Å². The van der Waals surface area contributed by atoms with E-state index in [-0.39, 0.29) is 5.75 Å². The summed E-state index contributed by atoms with van der Waals surface area (Å²) >= 11 is 0. The van der Waals surface area contributed by atoms with Gasteiger partial charge in [-0.15, -0.1) is 0 Å². The molecule has 0 spiro atoms. The van der Waals surface area contributed by atoms with Gasteiger partial charge in [-0.3, -0.25) is 10.3 Å². The van der Waals surface area contributed by atoms with Gasteiger partial charge in [0.1, 0.15) is 12.4 Å². The van der Waals surface area contributed by atoms with Crippen molar-refractivity contribution in [3.63, 3.8) is 0 Å². The fraction of sp³-hybridized carbons (Fsp3) is 0.0909. The quantitative estimate of drug-likeness (QED) is 0.665. The number of phenolic OH excluding ortho intramolecular Hbond substituents is 1. The molecule has 0 fully saturated rings. The van der Waals surface area contributed by atoms with Crippen LogP contribution in [0.5, 0.6) is 5.75 Å². The lowest BCUT2D eigenvalue weighted by Gasteiger charge is -2.04. The lowest BCUT2D eigenvalue weighted by molar-refractivity contribution is 0.202. The van der Waals surface area contributed by atoms with Gasteiger partial charge in [0.2, 0.25) is 0 Å². The highest BCUT2D eigenvalue weighted by Crippen LogP contribution is 2.33. The Morgan fingerprint density at radius 1 is 1.21 bits per heavy atom. The van der Waals surface area contributed by atoms with Gasteiger partial charge in [0.25, 0.3) is 0 Å². The van der Waals surface area contributed by atoms with E-state index in [0.717, 1.165) is 22.0 Å². The zero-order valence-electron chi connectivity index (χ0n) is 7.45. The Kier molecular flexibility index (Phi) is 1.43. The molecule has 2 N–H and O–H groups in total. The van der Waals surface area contributed by atoms with Crippen molar-refractivity contribution < 1.29 is 9.94 Å². The molecule has 3 rings (SSSR count). The van der Waals surface area contributed by atoms with Crippen molar-refractivity contribution in [1.82, 2.24) is 0 Å². The molecule has 3 heteroatoms. The predicted molar refractivity (Wildman–Crippen MR) is 54.0 cm³/mol. The highest BCUT2D eigenvalue weighted by molar-refractivity contribution is 5.96. The van der Waals surface area contributed by atoms with Crippen LogP contribution >= 0.6 is 0 Å². The molecule has 3 nitrogen and oxygen atoms in total. The highest BCUT2D eigenvalue weighted by atomic mass is 16.6.